The zero-order valence-electron chi connectivity index (χ0n) is 22.6. The fourth-order valence-electron chi connectivity index (χ4n) is 3.79. The van der Waals surface area contributed by atoms with Gasteiger partial charge in [-0.25, -0.2) is 4.79 Å². The number of aromatic hydroxyl groups is 1. The number of carboxylic acids is 1. The van der Waals surface area contributed by atoms with Gasteiger partial charge in [0.2, 0.25) is 23.6 Å². The van der Waals surface area contributed by atoms with E-state index in [-0.39, 0.29) is 24.5 Å². The van der Waals surface area contributed by atoms with Crippen molar-refractivity contribution in [1.82, 2.24) is 21.3 Å². The number of amides is 4. The van der Waals surface area contributed by atoms with Gasteiger partial charge in [0, 0.05) is 6.42 Å². The Labute approximate surface area is 232 Å². The predicted octanol–water partition coefficient (Wildman–Crippen LogP) is -0.163. The number of hydrogen-bond donors (Lipinski definition) is 7. The highest BCUT2D eigenvalue weighted by Crippen LogP contribution is 2.11. The maximum Gasteiger partial charge on any atom is 0.326 e. The van der Waals surface area contributed by atoms with Crippen molar-refractivity contribution in [1.29, 1.82) is 0 Å². The molecule has 0 fully saturated rings. The number of phenolic OH excluding ortho intramolecular Hbond substituents is 1. The van der Waals surface area contributed by atoms with Crippen molar-refractivity contribution in [3.63, 3.8) is 0 Å². The van der Waals surface area contributed by atoms with E-state index in [9.17, 15) is 34.2 Å². The molecule has 0 aromatic heterocycles. The minimum absolute atomic E-state index is 0.0416. The summed E-state index contributed by atoms with van der Waals surface area (Å²) in [5.41, 5.74) is 7.47. The van der Waals surface area contributed by atoms with E-state index in [0.29, 0.717) is 6.42 Å². The Morgan fingerprint density at radius 1 is 0.750 bits per heavy atom. The molecule has 3 atom stereocenters. The fraction of sp³-hybridized carbons (Fsp3) is 0.393. The molecular weight excluding hydrogens is 518 g/mol. The highest BCUT2D eigenvalue weighted by atomic mass is 16.4. The number of rotatable bonds is 15. The van der Waals surface area contributed by atoms with E-state index in [0.717, 1.165) is 11.1 Å². The summed E-state index contributed by atoms with van der Waals surface area (Å²) in [4.78, 5) is 61.3. The molecule has 0 aliphatic rings. The number of benzene rings is 2. The molecule has 0 unspecified atom stereocenters. The van der Waals surface area contributed by atoms with Gasteiger partial charge < -0.3 is 37.2 Å². The van der Waals surface area contributed by atoms with Gasteiger partial charge in [0.25, 0.3) is 0 Å². The van der Waals surface area contributed by atoms with Crippen LogP contribution in [-0.4, -0.2) is 71.0 Å². The van der Waals surface area contributed by atoms with Gasteiger partial charge in [0.1, 0.15) is 17.8 Å². The Balaban J connectivity index is 1.82. The standard InChI is InChI=1S/C28H37N5O7/c1-17(2)12-22(33-26(37)21(29)13-19-8-10-20(34)11-9-19)27(38)31-15-24(35)30-16-25(36)32-23(28(39)40)14-18-6-4-3-5-7-18/h3-11,17,21-23,34H,12-16,29H2,1-2H3,(H,30,35)(H,31,38)(H,32,36)(H,33,37)(H,39,40)/t21-,22-,23-/m0/s1. The van der Waals surface area contributed by atoms with E-state index in [4.69, 9.17) is 5.73 Å². The van der Waals surface area contributed by atoms with Gasteiger partial charge >= 0.3 is 5.97 Å². The molecule has 0 aliphatic heterocycles. The van der Waals surface area contributed by atoms with Gasteiger partial charge in [-0.3, -0.25) is 19.2 Å². The third-order valence-electron chi connectivity index (χ3n) is 5.85. The second-order valence-corrected chi connectivity index (χ2v) is 9.81. The van der Waals surface area contributed by atoms with Gasteiger partial charge in [-0.1, -0.05) is 56.3 Å². The summed E-state index contributed by atoms with van der Waals surface area (Å²) in [5.74, 6) is -3.58. The zero-order valence-corrected chi connectivity index (χ0v) is 22.6. The van der Waals surface area contributed by atoms with Crippen LogP contribution in [0.15, 0.2) is 54.6 Å². The van der Waals surface area contributed by atoms with Crippen LogP contribution in [0.4, 0.5) is 0 Å². The first-order chi connectivity index (χ1) is 18.9. The predicted molar refractivity (Wildman–Crippen MR) is 147 cm³/mol. The lowest BCUT2D eigenvalue weighted by Crippen LogP contribution is -2.54. The molecular formula is C28H37N5O7. The third kappa shape index (κ3) is 11.5. The Morgan fingerprint density at radius 2 is 1.35 bits per heavy atom. The van der Waals surface area contributed by atoms with Crippen molar-refractivity contribution in [2.75, 3.05) is 13.1 Å². The van der Waals surface area contributed by atoms with Crippen LogP contribution < -0.4 is 27.0 Å². The lowest BCUT2D eigenvalue weighted by Gasteiger charge is -2.22. The molecule has 2 rings (SSSR count). The molecule has 8 N–H and O–H groups in total. The van der Waals surface area contributed by atoms with Crippen LogP contribution in [0.25, 0.3) is 0 Å². The maximum absolute atomic E-state index is 12.8. The normalized spacial score (nSPS) is 13.0. The summed E-state index contributed by atoms with van der Waals surface area (Å²) in [6.45, 7) is 2.81. The molecule has 0 radical (unpaired) electrons. The highest BCUT2D eigenvalue weighted by Gasteiger charge is 2.25. The zero-order chi connectivity index (χ0) is 29.7. The summed E-state index contributed by atoms with van der Waals surface area (Å²) < 4.78 is 0. The molecule has 0 saturated heterocycles. The Bertz CT molecular complexity index is 1160. The molecule has 40 heavy (non-hydrogen) atoms. The highest BCUT2D eigenvalue weighted by molar-refractivity contribution is 5.93. The maximum atomic E-state index is 12.8. The molecule has 12 nitrogen and oxygen atoms in total. The number of carbonyl (C=O) groups excluding carboxylic acids is 4. The molecule has 4 amide bonds. The van der Waals surface area contributed by atoms with Crippen LogP contribution in [0.5, 0.6) is 5.75 Å². The van der Waals surface area contributed by atoms with Gasteiger partial charge in [0.05, 0.1) is 19.1 Å². The van der Waals surface area contributed by atoms with Crippen molar-refractivity contribution in [2.45, 2.75) is 51.2 Å². The van der Waals surface area contributed by atoms with Gasteiger partial charge in [0.15, 0.2) is 0 Å². The summed E-state index contributed by atoms with van der Waals surface area (Å²) >= 11 is 0. The van der Waals surface area contributed by atoms with Crippen LogP contribution >= 0.6 is 0 Å². The smallest absolute Gasteiger partial charge is 0.326 e. The van der Waals surface area contributed by atoms with Gasteiger partial charge in [-0.2, -0.15) is 0 Å². The van der Waals surface area contributed by atoms with Crippen molar-refractivity contribution >= 4 is 29.6 Å². The second-order valence-electron chi connectivity index (χ2n) is 9.81. The molecule has 2 aromatic rings. The monoisotopic (exact) mass is 555 g/mol. The molecule has 0 heterocycles. The average molecular weight is 556 g/mol. The van der Waals surface area contributed by atoms with E-state index in [1.807, 2.05) is 13.8 Å². The molecule has 12 heteroatoms. The van der Waals surface area contributed by atoms with Crippen LogP contribution in [0.2, 0.25) is 0 Å². The third-order valence-corrected chi connectivity index (χ3v) is 5.85. The van der Waals surface area contributed by atoms with E-state index in [1.165, 1.54) is 12.1 Å². The van der Waals surface area contributed by atoms with Crippen molar-refractivity contribution in [2.24, 2.45) is 11.7 Å². The van der Waals surface area contributed by atoms with E-state index < -0.39 is 60.8 Å². The first-order valence-corrected chi connectivity index (χ1v) is 12.9. The van der Waals surface area contributed by atoms with E-state index in [1.54, 1.807) is 42.5 Å². The Kier molecular flexibility index (Phi) is 12.6. The second kappa shape index (κ2) is 15.8. The Hall–Kier alpha value is -4.45. The molecule has 216 valence electrons. The van der Waals surface area contributed by atoms with Crippen LogP contribution in [-0.2, 0) is 36.8 Å². The molecule has 0 bridgehead atoms. The molecule has 0 aliphatic carbocycles. The van der Waals surface area contributed by atoms with Gasteiger partial charge in [-0.15, -0.1) is 0 Å². The SMILES string of the molecule is CC(C)C[C@H](NC(=O)[C@@H](N)Cc1ccc(O)cc1)C(=O)NCC(=O)NCC(=O)N[C@@H](Cc1ccccc1)C(=O)O. The van der Waals surface area contributed by atoms with Crippen LogP contribution in [0.3, 0.4) is 0 Å². The number of aliphatic carboxylic acids is 1. The molecule has 0 saturated carbocycles. The number of phenols is 1. The number of carbonyl (C=O) groups is 5. The van der Waals surface area contributed by atoms with Crippen molar-refractivity contribution < 1.29 is 34.2 Å². The summed E-state index contributed by atoms with van der Waals surface area (Å²) in [6, 6.07) is 12.0. The number of nitrogens with two attached hydrogens (primary N) is 1. The van der Waals surface area contributed by atoms with E-state index in [2.05, 4.69) is 21.3 Å². The number of hydrogen-bond acceptors (Lipinski definition) is 7. The van der Waals surface area contributed by atoms with Crippen molar-refractivity contribution in [3.05, 3.63) is 65.7 Å². The topological polar surface area (TPSA) is 200 Å². The van der Waals surface area contributed by atoms with Gasteiger partial charge in [-0.05, 0) is 42.0 Å². The number of carboxylic acid groups (broad SMARTS) is 1. The van der Waals surface area contributed by atoms with Crippen LogP contribution in [0.1, 0.15) is 31.4 Å². The minimum Gasteiger partial charge on any atom is -0.508 e. The summed E-state index contributed by atoms with van der Waals surface area (Å²) in [6.07, 6.45) is 0.569. The summed E-state index contributed by atoms with van der Waals surface area (Å²) in [7, 11) is 0. The first kappa shape index (κ1) is 31.8. The fourth-order valence-corrected chi connectivity index (χ4v) is 3.79. The largest absolute Gasteiger partial charge is 0.508 e. The quantitative estimate of drug-likeness (QED) is 0.157. The molecule has 2 aromatic carbocycles. The Morgan fingerprint density at radius 3 is 1.95 bits per heavy atom. The summed E-state index contributed by atoms with van der Waals surface area (Å²) in [5, 5.41) is 28.6. The lowest BCUT2D eigenvalue weighted by atomic mass is 10.0. The first-order valence-electron chi connectivity index (χ1n) is 12.9. The lowest BCUT2D eigenvalue weighted by molar-refractivity contribution is -0.141. The number of nitrogens with one attached hydrogen (secondary N) is 4. The minimum atomic E-state index is -1.21. The van der Waals surface area contributed by atoms with Crippen LogP contribution in [0, 0.1) is 5.92 Å². The van der Waals surface area contributed by atoms with Crippen molar-refractivity contribution in [3.8, 4) is 5.75 Å². The van der Waals surface area contributed by atoms with E-state index >= 15 is 0 Å². The molecule has 0 spiro atoms. The average Bonchev–Trinajstić information content (AvgIpc) is 2.91.